The van der Waals surface area contributed by atoms with Crippen molar-refractivity contribution in [3.63, 3.8) is 0 Å². The number of hydrogen-bond donors (Lipinski definition) is 2. The van der Waals surface area contributed by atoms with E-state index in [2.05, 4.69) is 56.3 Å². The number of aromatic nitrogens is 2. The molecule has 1 aromatic heterocycles. The Labute approximate surface area is 138 Å². The third kappa shape index (κ3) is 3.19. The zero-order valence-corrected chi connectivity index (χ0v) is 14.6. The van der Waals surface area contributed by atoms with Gasteiger partial charge in [0.2, 0.25) is 0 Å². The van der Waals surface area contributed by atoms with Gasteiger partial charge in [-0.15, -0.1) is 0 Å². The lowest BCUT2D eigenvalue weighted by molar-refractivity contribution is -0.0329. The maximum Gasteiger partial charge on any atom is 0.0771 e. The molecule has 1 aliphatic rings. The van der Waals surface area contributed by atoms with Crippen molar-refractivity contribution in [2.45, 2.75) is 58.6 Å². The molecule has 0 bridgehead atoms. The first-order valence-corrected chi connectivity index (χ1v) is 8.47. The second kappa shape index (κ2) is 6.10. The average Bonchev–Trinajstić information content (AvgIpc) is 2.87. The Morgan fingerprint density at radius 3 is 2.70 bits per heavy atom. The van der Waals surface area contributed by atoms with E-state index in [1.807, 2.05) is 10.9 Å². The van der Waals surface area contributed by atoms with Gasteiger partial charge in [0.15, 0.2) is 0 Å². The molecule has 0 amide bonds. The highest BCUT2D eigenvalue weighted by Crippen LogP contribution is 2.31. The van der Waals surface area contributed by atoms with Crippen LogP contribution in [0.3, 0.4) is 0 Å². The van der Waals surface area contributed by atoms with Gasteiger partial charge in [-0.25, -0.2) is 4.68 Å². The summed E-state index contributed by atoms with van der Waals surface area (Å²) in [5.74, 6) is 0. The SMILES string of the molecule is Cc1ccc(C)c(-n2ncc(C(C)NCC3(O)CCC3)c2C)c1. The number of benzene rings is 1. The van der Waals surface area contributed by atoms with Crippen molar-refractivity contribution in [2.24, 2.45) is 0 Å². The minimum absolute atomic E-state index is 0.179. The van der Waals surface area contributed by atoms with E-state index in [9.17, 15) is 5.11 Å². The highest BCUT2D eigenvalue weighted by molar-refractivity contribution is 5.44. The van der Waals surface area contributed by atoms with E-state index in [1.165, 1.54) is 16.7 Å². The van der Waals surface area contributed by atoms with E-state index in [0.29, 0.717) is 6.54 Å². The summed E-state index contributed by atoms with van der Waals surface area (Å²) in [6.45, 7) is 9.12. The Balaban J connectivity index is 1.79. The fourth-order valence-corrected chi connectivity index (χ4v) is 3.25. The molecule has 1 heterocycles. The van der Waals surface area contributed by atoms with Crippen LogP contribution in [-0.2, 0) is 0 Å². The number of nitrogens with zero attached hydrogens (tertiary/aromatic N) is 2. The van der Waals surface area contributed by atoms with Crippen molar-refractivity contribution in [3.05, 3.63) is 46.8 Å². The van der Waals surface area contributed by atoms with Crippen molar-refractivity contribution in [1.82, 2.24) is 15.1 Å². The summed E-state index contributed by atoms with van der Waals surface area (Å²) < 4.78 is 2.02. The molecule has 2 aromatic rings. The molecule has 23 heavy (non-hydrogen) atoms. The van der Waals surface area contributed by atoms with Crippen LogP contribution in [-0.4, -0.2) is 27.0 Å². The van der Waals surface area contributed by atoms with Gasteiger partial charge in [0.1, 0.15) is 0 Å². The summed E-state index contributed by atoms with van der Waals surface area (Å²) >= 11 is 0. The smallest absolute Gasteiger partial charge is 0.0771 e. The van der Waals surface area contributed by atoms with Gasteiger partial charge < -0.3 is 10.4 Å². The summed E-state index contributed by atoms with van der Waals surface area (Å²) in [5, 5.41) is 18.3. The molecule has 1 atom stereocenters. The topological polar surface area (TPSA) is 50.1 Å². The van der Waals surface area contributed by atoms with Gasteiger partial charge in [-0.05, 0) is 64.2 Å². The molecule has 2 N–H and O–H groups in total. The van der Waals surface area contributed by atoms with E-state index in [1.54, 1.807) is 0 Å². The van der Waals surface area contributed by atoms with Gasteiger partial charge in [0.25, 0.3) is 0 Å². The number of aliphatic hydroxyl groups is 1. The Hall–Kier alpha value is -1.65. The summed E-state index contributed by atoms with van der Waals surface area (Å²) in [7, 11) is 0. The molecule has 4 heteroatoms. The van der Waals surface area contributed by atoms with Crippen LogP contribution >= 0.6 is 0 Å². The van der Waals surface area contributed by atoms with Crippen LogP contribution in [0.15, 0.2) is 24.4 Å². The van der Waals surface area contributed by atoms with Gasteiger partial charge in [0.05, 0.1) is 17.5 Å². The Morgan fingerprint density at radius 1 is 1.30 bits per heavy atom. The van der Waals surface area contributed by atoms with Crippen LogP contribution in [0, 0.1) is 20.8 Å². The fraction of sp³-hybridized carbons (Fsp3) is 0.526. The van der Waals surface area contributed by atoms with Gasteiger partial charge in [0, 0.05) is 23.8 Å². The monoisotopic (exact) mass is 313 g/mol. The lowest BCUT2D eigenvalue weighted by atomic mass is 9.80. The molecule has 1 aliphatic carbocycles. The number of hydrogen-bond acceptors (Lipinski definition) is 3. The van der Waals surface area contributed by atoms with Crippen LogP contribution in [0.25, 0.3) is 5.69 Å². The first-order valence-electron chi connectivity index (χ1n) is 8.47. The molecule has 124 valence electrons. The van der Waals surface area contributed by atoms with Gasteiger partial charge in [-0.2, -0.15) is 5.10 Å². The molecular formula is C19H27N3O. The molecule has 0 aliphatic heterocycles. The third-order valence-corrected chi connectivity index (χ3v) is 5.13. The van der Waals surface area contributed by atoms with Gasteiger partial charge >= 0.3 is 0 Å². The van der Waals surface area contributed by atoms with E-state index in [-0.39, 0.29) is 6.04 Å². The van der Waals surface area contributed by atoms with Gasteiger partial charge in [-0.1, -0.05) is 12.1 Å². The molecule has 0 spiro atoms. The normalized spacial score (nSPS) is 17.8. The van der Waals surface area contributed by atoms with Gasteiger partial charge in [-0.3, -0.25) is 0 Å². The summed E-state index contributed by atoms with van der Waals surface area (Å²) in [6, 6.07) is 6.62. The van der Waals surface area contributed by atoms with Crippen LogP contribution < -0.4 is 5.32 Å². The van der Waals surface area contributed by atoms with Crippen LogP contribution in [0.4, 0.5) is 0 Å². The van der Waals surface area contributed by atoms with E-state index >= 15 is 0 Å². The van der Waals surface area contributed by atoms with Crippen LogP contribution in [0.1, 0.15) is 54.6 Å². The minimum Gasteiger partial charge on any atom is -0.389 e. The van der Waals surface area contributed by atoms with Crippen LogP contribution in [0.5, 0.6) is 0 Å². The summed E-state index contributed by atoms with van der Waals surface area (Å²) in [6.07, 6.45) is 4.90. The molecule has 4 nitrogen and oxygen atoms in total. The fourth-order valence-electron chi connectivity index (χ4n) is 3.25. The number of nitrogens with one attached hydrogen (secondary N) is 1. The zero-order valence-electron chi connectivity index (χ0n) is 14.6. The molecule has 0 radical (unpaired) electrons. The van der Waals surface area contributed by atoms with Crippen molar-refractivity contribution in [2.75, 3.05) is 6.54 Å². The number of aryl methyl sites for hydroxylation is 2. The lowest BCUT2D eigenvalue weighted by Gasteiger charge is -2.37. The van der Waals surface area contributed by atoms with E-state index < -0.39 is 5.60 Å². The Morgan fingerprint density at radius 2 is 2.04 bits per heavy atom. The predicted molar refractivity (Wildman–Crippen MR) is 93.0 cm³/mol. The second-order valence-corrected chi connectivity index (χ2v) is 7.07. The van der Waals surface area contributed by atoms with Crippen molar-refractivity contribution >= 4 is 0 Å². The second-order valence-electron chi connectivity index (χ2n) is 7.07. The van der Waals surface area contributed by atoms with E-state index in [0.717, 1.165) is 30.6 Å². The van der Waals surface area contributed by atoms with Crippen molar-refractivity contribution in [1.29, 1.82) is 0 Å². The van der Waals surface area contributed by atoms with E-state index in [4.69, 9.17) is 0 Å². The quantitative estimate of drug-likeness (QED) is 0.890. The minimum atomic E-state index is -0.495. The molecule has 0 saturated heterocycles. The average molecular weight is 313 g/mol. The third-order valence-electron chi connectivity index (χ3n) is 5.13. The molecule has 3 rings (SSSR count). The Kier molecular flexibility index (Phi) is 4.30. The Bertz CT molecular complexity index is 701. The maximum atomic E-state index is 10.2. The largest absolute Gasteiger partial charge is 0.389 e. The first kappa shape index (κ1) is 16.2. The summed E-state index contributed by atoms with van der Waals surface area (Å²) in [5.41, 5.74) is 5.44. The molecule has 1 unspecified atom stereocenters. The zero-order chi connectivity index (χ0) is 16.6. The van der Waals surface area contributed by atoms with Crippen LogP contribution in [0.2, 0.25) is 0 Å². The molecule has 1 saturated carbocycles. The van der Waals surface area contributed by atoms with Crippen molar-refractivity contribution < 1.29 is 5.11 Å². The lowest BCUT2D eigenvalue weighted by Crippen LogP contribution is -2.46. The maximum absolute atomic E-state index is 10.2. The molecule has 1 fully saturated rings. The van der Waals surface area contributed by atoms with Crippen molar-refractivity contribution in [3.8, 4) is 5.69 Å². The highest BCUT2D eigenvalue weighted by atomic mass is 16.3. The molecular weight excluding hydrogens is 286 g/mol. The standard InChI is InChI=1S/C19H27N3O/c1-13-6-7-14(2)18(10-13)22-16(4)17(11-21-22)15(3)20-12-19(23)8-5-9-19/h6-7,10-11,15,20,23H,5,8-9,12H2,1-4H3. The summed E-state index contributed by atoms with van der Waals surface area (Å²) in [4.78, 5) is 0. The number of rotatable bonds is 5. The first-order chi connectivity index (χ1) is 10.9. The highest BCUT2D eigenvalue weighted by Gasteiger charge is 2.34. The molecule has 1 aromatic carbocycles. The predicted octanol–water partition coefficient (Wildman–Crippen LogP) is 3.36.